The molecule has 0 fully saturated rings. The molecule has 0 radical (unpaired) electrons. The first-order chi connectivity index (χ1) is 11.9. The number of anilines is 1. The Labute approximate surface area is 146 Å². The molecule has 8 heteroatoms. The molecule has 0 atom stereocenters. The van der Waals surface area contributed by atoms with Crippen LogP contribution in [0.25, 0.3) is 0 Å². The van der Waals surface area contributed by atoms with Crippen LogP contribution in [0, 0.1) is 0 Å². The van der Waals surface area contributed by atoms with Gasteiger partial charge in [-0.1, -0.05) is 12.1 Å². The highest BCUT2D eigenvalue weighted by Crippen LogP contribution is 2.15. The summed E-state index contributed by atoms with van der Waals surface area (Å²) in [5.41, 5.74) is 0.890. The highest BCUT2D eigenvalue weighted by Gasteiger charge is 2.15. The average Bonchev–Trinajstić information content (AvgIpc) is 2.62. The molecule has 0 aliphatic carbocycles. The molecular formula is C17H18N2O5S. The third-order valence-corrected chi connectivity index (χ3v) is 4.72. The normalized spacial score (nSPS) is 11.0. The van der Waals surface area contributed by atoms with E-state index in [1.54, 1.807) is 25.1 Å². The fraction of sp³-hybridized carbons (Fsp3) is 0.176. The van der Waals surface area contributed by atoms with E-state index in [-0.39, 0.29) is 17.1 Å². The number of carbonyl (C=O) groups excluding carboxylic acids is 2. The molecule has 2 aromatic carbocycles. The molecule has 0 aliphatic heterocycles. The smallest absolute Gasteiger partial charge is 0.338 e. The van der Waals surface area contributed by atoms with Crippen LogP contribution in [0.2, 0.25) is 0 Å². The van der Waals surface area contributed by atoms with Crippen LogP contribution in [0.5, 0.6) is 0 Å². The van der Waals surface area contributed by atoms with Gasteiger partial charge in [0.15, 0.2) is 0 Å². The molecule has 0 heterocycles. The summed E-state index contributed by atoms with van der Waals surface area (Å²) in [4.78, 5) is 24.1. The summed E-state index contributed by atoms with van der Waals surface area (Å²) in [5.74, 6) is -0.977. The van der Waals surface area contributed by atoms with Gasteiger partial charge in [0.25, 0.3) is 5.91 Å². The molecule has 1 amide bonds. The Balaban J connectivity index is 2.22. The maximum atomic E-state index is 12.3. The Morgan fingerprint density at radius 2 is 1.72 bits per heavy atom. The molecule has 0 spiro atoms. The monoisotopic (exact) mass is 362 g/mol. The van der Waals surface area contributed by atoms with Gasteiger partial charge >= 0.3 is 5.97 Å². The highest BCUT2D eigenvalue weighted by atomic mass is 32.2. The molecule has 0 unspecified atom stereocenters. The Morgan fingerprint density at radius 3 is 2.40 bits per heavy atom. The van der Waals surface area contributed by atoms with Gasteiger partial charge in [0.05, 0.1) is 17.1 Å². The molecule has 0 saturated carbocycles. The van der Waals surface area contributed by atoms with E-state index < -0.39 is 21.9 Å². The predicted octanol–water partition coefficient (Wildman–Crippen LogP) is 2.02. The second-order valence-electron chi connectivity index (χ2n) is 4.99. The van der Waals surface area contributed by atoms with Crippen LogP contribution in [-0.4, -0.2) is 33.9 Å². The van der Waals surface area contributed by atoms with E-state index >= 15 is 0 Å². The summed E-state index contributed by atoms with van der Waals surface area (Å²) in [7, 11) is -2.35. The Bertz CT molecular complexity index is 893. The minimum absolute atomic E-state index is 0.0112. The number of carbonyl (C=O) groups is 2. The van der Waals surface area contributed by atoms with Crippen molar-refractivity contribution in [1.82, 2.24) is 4.72 Å². The van der Waals surface area contributed by atoms with Crippen molar-refractivity contribution in [2.45, 2.75) is 11.8 Å². The Hall–Kier alpha value is -2.71. The van der Waals surface area contributed by atoms with Crippen molar-refractivity contribution >= 4 is 27.6 Å². The number of benzene rings is 2. The molecule has 2 aromatic rings. The number of amides is 1. The molecule has 132 valence electrons. The molecule has 0 bridgehead atoms. The topological polar surface area (TPSA) is 102 Å². The molecule has 2 N–H and O–H groups in total. The third-order valence-electron chi connectivity index (χ3n) is 3.31. The third kappa shape index (κ3) is 4.65. The molecule has 2 rings (SSSR count). The van der Waals surface area contributed by atoms with Crippen LogP contribution in [0.1, 0.15) is 27.6 Å². The van der Waals surface area contributed by atoms with Gasteiger partial charge in [0, 0.05) is 11.3 Å². The Morgan fingerprint density at radius 1 is 1.04 bits per heavy atom. The number of hydrogen-bond acceptors (Lipinski definition) is 5. The summed E-state index contributed by atoms with van der Waals surface area (Å²) in [6.07, 6.45) is 0. The summed E-state index contributed by atoms with van der Waals surface area (Å²) in [6.45, 7) is 1.96. The van der Waals surface area contributed by atoms with Crippen LogP contribution in [0.4, 0.5) is 5.69 Å². The van der Waals surface area contributed by atoms with E-state index in [2.05, 4.69) is 10.0 Å². The van der Waals surface area contributed by atoms with Crippen molar-refractivity contribution in [3.05, 3.63) is 59.7 Å². The van der Waals surface area contributed by atoms with Crippen molar-refractivity contribution in [2.24, 2.45) is 0 Å². The molecule has 0 aromatic heterocycles. The standard InChI is InChI=1S/C17H18N2O5S/c1-3-24-17(21)13-7-4-8-14(10-13)19-16(20)12-6-5-9-15(11-12)25(22,23)18-2/h4-11,18H,3H2,1-2H3,(H,19,20). The van der Waals surface area contributed by atoms with Gasteiger partial charge in [-0.3, -0.25) is 4.79 Å². The number of esters is 1. The van der Waals surface area contributed by atoms with E-state index in [1.165, 1.54) is 37.4 Å². The SMILES string of the molecule is CCOC(=O)c1cccc(NC(=O)c2cccc(S(=O)(=O)NC)c2)c1. The van der Waals surface area contributed by atoms with Crippen LogP contribution in [0.3, 0.4) is 0 Å². The van der Waals surface area contributed by atoms with E-state index in [9.17, 15) is 18.0 Å². The average molecular weight is 362 g/mol. The van der Waals surface area contributed by atoms with Gasteiger partial charge in [-0.2, -0.15) is 0 Å². The minimum atomic E-state index is -3.64. The fourth-order valence-corrected chi connectivity index (χ4v) is 2.84. The molecule has 25 heavy (non-hydrogen) atoms. The lowest BCUT2D eigenvalue weighted by Gasteiger charge is -2.09. The minimum Gasteiger partial charge on any atom is -0.462 e. The van der Waals surface area contributed by atoms with E-state index in [4.69, 9.17) is 4.74 Å². The summed E-state index contributed by atoms with van der Waals surface area (Å²) in [5, 5.41) is 2.63. The zero-order valence-corrected chi connectivity index (χ0v) is 14.6. The van der Waals surface area contributed by atoms with Crippen LogP contribution in [0.15, 0.2) is 53.4 Å². The molecular weight excluding hydrogens is 344 g/mol. The number of sulfonamides is 1. The van der Waals surface area contributed by atoms with Gasteiger partial charge in [0.2, 0.25) is 10.0 Å². The first-order valence-corrected chi connectivity index (χ1v) is 8.98. The Kier molecular flexibility index (Phi) is 5.89. The number of ether oxygens (including phenoxy) is 1. The zero-order chi connectivity index (χ0) is 18.4. The largest absolute Gasteiger partial charge is 0.462 e. The predicted molar refractivity (Wildman–Crippen MR) is 93.0 cm³/mol. The van der Waals surface area contributed by atoms with Gasteiger partial charge in [0.1, 0.15) is 0 Å². The summed E-state index contributed by atoms with van der Waals surface area (Å²) in [6, 6.07) is 11.9. The van der Waals surface area contributed by atoms with E-state index in [1.807, 2.05) is 0 Å². The van der Waals surface area contributed by atoms with Crippen molar-refractivity contribution in [3.8, 4) is 0 Å². The van der Waals surface area contributed by atoms with E-state index in [0.717, 1.165) is 0 Å². The lowest BCUT2D eigenvalue weighted by molar-refractivity contribution is 0.0526. The van der Waals surface area contributed by atoms with Gasteiger partial charge in [-0.15, -0.1) is 0 Å². The fourth-order valence-electron chi connectivity index (χ4n) is 2.06. The van der Waals surface area contributed by atoms with Crippen LogP contribution >= 0.6 is 0 Å². The first-order valence-electron chi connectivity index (χ1n) is 7.49. The molecule has 0 saturated heterocycles. The van der Waals surface area contributed by atoms with Crippen molar-refractivity contribution < 1.29 is 22.7 Å². The second kappa shape index (κ2) is 7.91. The number of hydrogen-bond donors (Lipinski definition) is 2. The van der Waals surface area contributed by atoms with Crippen molar-refractivity contribution in [2.75, 3.05) is 19.0 Å². The first kappa shape index (κ1) is 18.6. The maximum Gasteiger partial charge on any atom is 0.338 e. The molecule has 7 nitrogen and oxygen atoms in total. The van der Waals surface area contributed by atoms with Crippen LogP contribution in [-0.2, 0) is 14.8 Å². The highest BCUT2D eigenvalue weighted by molar-refractivity contribution is 7.89. The van der Waals surface area contributed by atoms with E-state index in [0.29, 0.717) is 11.3 Å². The lowest BCUT2D eigenvalue weighted by atomic mass is 10.1. The quantitative estimate of drug-likeness (QED) is 0.766. The molecule has 0 aliphatic rings. The van der Waals surface area contributed by atoms with Crippen LogP contribution < -0.4 is 10.0 Å². The van der Waals surface area contributed by atoms with Crippen molar-refractivity contribution in [3.63, 3.8) is 0 Å². The lowest BCUT2D eigenvalue weighted by Crippen LogP contribution is -2.19. The number of nitrogens with one attached hydrogen (secondary N) is 2. The summed E-state index contributed by atoms with van der Waals surface area (Å²) < 4.78 is 30.7. The second-order valence-corrected chi connectivity index (χ2v) is 6.88. The zero-order valence-electron chi connectivity index (χ0n) is 13.8. The summed E-state index contributed by atoms with van der Waals surface area (Å²) >= 11 is 0. The van der Waals surface area contributed by atoms with Gasteiger partial charge < -0.3 is 10.1 Å². The van der Waals surface area contributed by atoms with Crippen molar-refractivity contribution in [1.29, 1.82) is 0 Å². The number of rotatable bonds is 6. The maximum absolute atomic E-state index is 12.3. The van der Waals surface area contributed by atoms with Gasteiger partial charge in [-0.25, -0.2) is 17.9 Å². The van der Waals surface area contributed by atoms with Gasteiger partial charge in [-0.05, 0) is 50.4 Å².